The number of hydrogen-bond donors (Lipinski definition) is 3. The van der Waals surface area contributed by atoms with E-state index in [4.69, 9.17) is 10.5 Å². The monoisotopic (exact) mass is 388 g/mol. The Morgan fingerprint density at radius 3 is 2.75 bits per heavy atom. The van der Waals surface area contributed by atoms with Gasteiger partial charge in [0.2, 0.25) is 11.8 Å². The van der Waals surface area contributed by atoms with E-state index in [1.54, 1.807) is 18.2 Å². The fraction of sp³-hybridized carbons (Fsp3) is 0.474. The summed E-state index contributed by atoms with van der Waals surface area (Å²) in [6, 6.07) is 4.14. The highest BCUT2D eigenvalue weighted by Gasteiger charge is 2.45. The van der Waals surface area contributed by atoms with E-state index in [-0.39, 0.29) is 12.8 Å². The summed E-state index contributed by atoms with van der Waals surface area (Å²) in [5.41, 5.74) is 6.67. The third-order valence-corrected chi connectivity index (χ3v) is 4.77. The average Bonchev–Trinajstić information content (AvgIpc) is 2.93. The molecular weight excluding hydrogens is 364 g/mol. The standard InChI is InChI=1S/C19H24N4O5/c20-7-10-28-9-2-8-21-11-12-3-1-4-13-16(12)19(27)23(18(13)26)14-5-6-15(24)22-17(14)25/h1,3-4,14,21H,2,5-11,20H2,(H,22,24,25). The Morgan fingerprint density at radius 1 is 1.18 bits per heavy atom. The first-order valence-electron chi connectivity index (χ1n) is 9.36. The molecule has 1 aromatic rings. The lowest BCUT2D eigenvalue weighted by molar-refractivity contribution is -0.136. The summed E-state index contributed by atoms with van der Waals surface area (Å²) in [5.74, 6) is -1.98. The molecule has 0 aliphatic carbocycles. The van der Waals surface area contributed by atoms with E-state index in [0.717, 1.165) is 11.3 Å². The summed E-state index contributed by atoms with van der Waals surface area (Å²) in [6.07, 6.45) is 1.04. The maximum absolute atomic E-state index is 12.9. The zero-order valence-corrected chi connectivity index (χ0v) is 15.5. The van der Waals surface area contributed by atoms with E-state index in [1.165, 1.54) is 0 Å². The molecule has 1 saturated heterocycles. The molecule has 150 valence electrons. The Bertz CT molecular complexity index is 795. The van der Waals surface area contributed by atoms with Crippen molar-refractivity contribution in [1.29, 1.82) is 0 Å². The quantitative estimate of drug-likeness (QED) is 0.385. The normalized spacial score (nSPS) is 19.2. The lowest BCUT2D eigenvalue weighted by atomic mass is 10.0. The number of piperidine rings is 1. The SMILES string of the molecule is NCCOCCCNCc1cccc2c1C(=O)N(C1CCC(=O)NC1=O)C2=O. The molecule has 0 aromatic heterocycles. The van der Waals surface area contributed by atoms with Gasteiger partial charge in [-0.15, -0.1) is 0 Å². The zero-order chi connectivity index (χ0) is 20.1. The summed E-state index contributed by atoms with van der Waals surface area (Å²) in [7, 11) is 0. The Labute approximate surface area is 162 Å². The molecule has 9 heteroatoms. The fourth-order valence-corrected chi connectivity index (χ4v) is 3.44. The van der Waals surface area contributed by atoms with Crippen LogP contribution in [0.3, 0.4) is 0 Å². The minimum atomic E-state index is -0.953. The predicted octanol–water partition coefficient (Wildman–Crippen LogP) is -0.457. The number of rotatable bonds is 9. The smallest absolute Gasteiger partial charge is 0.262 e. The first-order chi connectivity index (χ1) is 13.5. The number of carbonyl (C=O) groups is 4. The first-order valence-corrected chi connectivity index (χ1v) is 9.36. The maximum Gasteiger partial charge on any atom is 0.262 e. The van der Waals surface area contributed by atoms with E-state index in [0.29, 0.717) is 49.5 Å². The molecule has 9 nitrogen and oxygen atoms in total. The van der Waals surface area contributed by atoms with Crippen LogP contribution in [0.2, 0.25) is 0 Å². The highest BCUT2D eigenvalue weighted by Crippen LogP contribution is 2.29. The van der Waals surface area contributed by atoms with Crippen molar-refractivity contribution in [3.8, 4) is 0 Å². The lowest BCUT2D eigenvalue weighted by Crippen LogP contribution is -2.54. The molecule has 0 spiro atoms. The van der Waals surface area contributed by atoms with Crippen LogP contribution < -0.4 is 16.4 Å². The van der Waals surface area contributed by atoms with Crippen molar-refractivity contribution in [1.82, 2.24) is 15.5 Å². The van der Waals surface area contributed by atoms with Crippen molar-refractivity contribution < 1.29 is 23.9 Å². The second-order valence-electron chi connectivity index (χ2n) is 6.72. The maximum atomic E-state index is 12.9. The van der Waals surface area contributed by atoms with E-state index >= 15 is 0 Å². The molecule has 2 aliphatic heterocycles. The minimum Gasteiger partial charge on any atom is -0.380 e. The fourth-order valence-electron chi connectivity index (χ4n) is 3.44. The van der Waals surface area contributed by atoms with Gasteiger partial charge in [-0.1, -0.05) is 12.1 Å². The molecule has 2 aliphatic rings. The predicted molar refractivity (Wildman–Crippen MR) is 99.3 cm³/mol. The average molecular weight is 388 g/mol. The van der Waals surface area contributed by atoms with Gasteiger partial charge in [0.1, 0.15) is 6.04 Å². The van der Waals surface area contributed by atoms with Crippen molar-refractivity contribution in [2.75, 3.05) is 26.3 Å². The van der Waals surface area contributed by atoms with Gasteiger partial charge < -0.3 is 15.8 Å². The van der Waals surface area contributed by atoms with Crippen LogP contribution in [0.25, 0.3) is 0 Å². The van der Waals surface area contributed by atoms with Gasteiger partial charge in [-0.3, -0.25) is 29.4 Å². The van der Waals surface area contributed by atoms with Crippen LogP contribution in [0.4, 0.5) is 0 Å². The molecule has 0 bridgehead atoms. The third kappa shape index (κ3) is 4.11. The molecule has 2 heterocycles. The number of hydrogen-bond acceptors (Lipinski definition) is 7. The Hall–Kier alpha value is -2.62. The van der Waals surface area contributed by atoms with Gasteiger partial charge in [0.25, 0.3) is 11.8 Å². The van der Waals surface area contributed by atoms with Gasteiger partial charge in [0, 0.05) is 26.1 Å². The second-order valence-corrected chi connectivity index (χ2v) is 6.72. The molecule has 1 unspecified atom stereocenters. The summed E-state index contributed by atoms with van der Waals surface area (Å²) in [5, 5.41) is 5.43. The van der Waals surface area contributed by atoms with Crippen LogP contribution in [0.15, 0.2) is 18.2 Å². The van der Waals surface area contributed by atoms with Crippen molar-refractivity contribution >= 4 is 23.6 Å². The van der Waals surface area contributed by atoms with Crippen molar-refractivity contribution in [3.63, 3.8) is 0 Å². The summed E-state index contributed by atoms with van der Waals surface area (Å²) in [4.78, 5) is 50.2. The summed E-state index contributed by atoms with van der Waals surface area (Å²) in [6.45, 7) is 2.72. The van der Waals surface area contributed by atoms with Gasteiger partial charge in [-0.2, -0.15) is 0 Å². The van der Waals surface area contributed by atoms with Crippen molar-refractivity contribution in [2.45, 2.75) is 31.8 Å². The number of nitrogens with zero attached hydrogens (tertiary/aromatic N) is 1. The van der Waals surface area contributed by atoms with Gasteiger partial charge in [-0.05, 0) is 31.0 Å². The molecule has 0 radical (unpaired) electrons. The number of nitrogens with one attached hydrogen (secondary N) is 2. The van der Waals surface area contributed by atoms with Crippen LogP contribution >= 0.6 is 0 Å². The van der Waals surface area contributed by atoms with Gasteiger partial charge in [0.15, 0.2) is 0 Å². The van der Waals surface area contributed by atoms with E-state index in [9.17, 15) is 19.2 Å². The highest BCUT2D eigenvalue weighted by atomic mass is 16.5. The van der Waals surface area contributed by atoms with Crippen LogP contribution in [-0.4, -0.2) is 60.9 Å². The van der Waals surface area contributed by atoms with Crippen LogP contribution in [0, 0.1) is 0 Å². The lowest BCUT2D eigenvalue weighted by Gasteiger charge is -2.27. The van der Waals surface area contributed by atoms with Crippen LogP contribution in [0.5, 0.6) is 0 Å². The van der Waals surface area contributed by atoms with Crippen molar-refractivity contribution in [3.05, 3.63) is 34.9 Å². The molecule has 4 N–H and O–H groups in total. The first kappa shape index (κ1) is 20.1. The highest BCUT2D eigenvalue weighted by molar-refractivity contribution is 6.24. The molecular formula is C19H24N4O5. The number of imide groups is 2. The van der Waals surface area contributed by atoms with Gasteiger partial charge in [0.05, 0.1) is 17.7 Å². The topological polar surface area (TPSA) is 131 Å². The number of carbonyl (C=O) groups excluding carboxylic acids is 4. The molecule has 1 aromatic carbocycles. The van der Waals surface area contributed by atoms with Crippen LogP contribution in [-0.2, 0) is 20.9 Å². The van der Waals surface area contributed by atoms with E-state index < -0.39 is 29.7 Å². The zero-order valence-electron chi connectivity index (χ0n) is 15.5. The van der Waals surface area contributed by atoms with Crippen molar-refractivity contribution in [2.24, 2.45) is 5.73 Å². The molecule has 1 atom stereocenters. The number of ether oxygens (including phenoxy) is 1. The molecule has 28 heavy (non-hydrogen) atoms. The molecule has 1 fully saturated rings. The van der Waals surface area contributed by atoms with E-state index in [2.05, 4.69) is 10.6 Å². The Kier molecular flexibility index (Phi) is 6.50. The second kappa shape index (κ2) is 9.05. The third-order valence-electron chi connectivity index (χ3n) is 4.77. The largest absolute Gasteiger partial charge is 0.380 e. The number of fused-ring (bicyclic) bond motifs is 1. The van der Waals surface area contributed by atoms with Gasteiger partial charge >= 0.3 is 0 Å². The molecule has 3 rings (SSSR count). The number of nitrogens with two attached hydrogens (primary N) is 1. The Balaban J connectivity index is 1.66. The summed E-state index contributed by atoms with van der Waals surface area (Å²) < 4.78 is 5.31. The van der Waals surface area contributed by atoms with Gasteiger partial charge in [-0.25, -0.2) is 0 Å². The number of amides is 4. The minimum absolute atomic E-state index is 0.102. The molecule has 0 saturated carbocycles. The molecule has 4 amide bonds. The number of benzene rings is 1. The van der Waals surface area contributed by atoms with E-state index in [1.807, 2.05) is 0 Å². The Morgan fingerprint density at radius 2 is 2.00 bits per heavy atom. The van der Waals surface area contributed by atoms with Crippen LogP contribution in [0.1, 0.15) is 45.5 Å². The summed E-state index contributed by atoms with van der Waals surface area (Å²) >= 11 is 0.